The van der Waals surface area contributed by atoms with Crippen LogP contribution in [-0.4, -0.2) is 53.3 Å². The minimum Gasteiger partial charge on any atom is -0.497 e. The molecule has 4 rings (SSSR count). The van der Waals surface area contributed by atoms with Gasteiger partial charge in [-0.25, -0.2) is 9.97 Å². The molecule has 1 aromatic carbocycles. The molecule has 1 aromatic heterocycles. The Morgan fingerprint density at radius 2 is 2.19 bits per heavy atom. The molecule has 0 unspecified atom stereocenters. The van der Waals surface area contributed by atoms with E-state index in [2.05, 4.69) is 38.4 Å². The zero-order valence-corrected chi connectivity index (χ0v) is 15.2. The Kier molecular flexibility index (Phi) is 5.04. The van der Waals surface area contributed by atoms with E-state index in [1.807, 2.05) is 12.1 Å². The van der Waals surface area contributed by atoms with Crippen LogP contribution in [0.4, 0.5) is 5.95 Å². The SMILES string of the molecule is COc1cccc(CN2CC[C@@]3(C[C@@H](Nc4ncccn4)CCO3)C2)c1. The fraction of sp³-hybridized carbons (Fsp3) is 0.500. The summed E-state index contributed by atoms with van der Waals surface area (Å²) in [5, 5.41) is 3.47. The summed E-state index contributed by atoms with van der Waals surface area (Å²) in [7, 11) is 1.71. The molecule has 1 N–H and O–H groups in total. The highest BCUT2D eigenvalue weighted by molar-refractivity contribution is 5.28. The van der Waals surface area contributed by atoms with Gasteiger partial charge in [-0.3, -0.25) is 4.90 Å². The summed E-state index contributed by atoms with van der Waals surface area (Å²) in [6.07, 6.45) is 6.62. The predicted molar refractivity (Wildman–Crippen MR) is 100 cm³/mol. The first-order valence-corrected chi connectivity index (χ1v) is 9.27. The number of methoxy groups -OCH3 is 1. The summed E-state index contributed by atoms with van der Waals surface area (Å²) in [5.41, 5.74) is 1.23. The highest BCUT2D eigenvalue weighted by atomic mass is 16.5. The minimum absolute atomic E-state index is 0.0520. The normalized spacial score (nSPS) is 26.1. The van der Waals surface area contributed by atoms with Crippen LogP contribution in [0.5, 0.6) is 5.75 Å². The second-order valence-corrected chi connectivity index (χ2v) is 7.25. The molecule has 2 aliphatic rings. The Hall–Kier alpha value is -2.18. The number of likely N-dealkylation sites (tertiary alicyclic amines) is 1. The van der Waals surface area contributed by atoms with Gasteiger partial charge in [0.1, 0.15) is 5.75 Å². The van der Waals surface area contributed by atoms with Crippen LogP contribution in [0.25, 0.3) is 0 Å². The number of nitrogens with zero attached hydrogens (tertiary/aromatic N) is 3. The van der Waals surface area contributed by atoms with Crippen molar-refractivity contribution < 1.29 is 9.47 Å². The topological polar surface area (TPSA) is 59.5 Å². The van der Waals surface area contributed by atoms with E-state index in [1.165, 1.54) is 5.56 Å². The van der Waals surface area contributed by atoms with Gasteiger partial charge in [-0.15, -0.1) is 0 Å². The summed E-state index contributed by atoms with van der Waals surface area (Å²) >= 11 is 0. The van der Waals surface area contributed by atoms with Crippen molar-refractivity contribution in [2.75, 3.05) is 32.1 Å². The second-order valence-electron chi connectivity index (χ2n) is 7.25. The van der Waals surface area contributed by atoms with Crippen LogP contribution in [0.1, 0.15) is 24.8 Å². The van der Waals surface area contributed by atoms with Gasteiger partial charge in [-0.05, 0) is 43.0 Å². The van der Waals surface area contributed by atoms with Crippen molar-refractivity contribution in [1.82, 2.24) is 14.9 Å². The van der Waals surface area contributed by atoms with E-state index in [0.717, 1.165) is 51.3 Å². The maximum atomic E-state index is 6.26. The summed E-state index contributed by atoms with van der Waals surface area (Å²) in [6.45, 7) is 3.75. The molecule has 26 heavy (non-hydrogen) atoms. The van der Waals surface area contributed by atoms with Gasteiger partial charge in [0, 0.05) is 44.7 Å². The molecule has 2 aliphatic heterocycles. The van der Waals surface area contributed by atoms with E-state index in [9.17, 15) is 0 Å². The van der Waals surface area contributed by atoms with Crippen molar-refractivity contribution in [1.29, 1.82) is 0 Å². The van der Waals surface area contributed by atoms with Crippen molar-refractivity contribution in [3.05, 3.63) is 48.3 Å². The lowest BCUT2D eigenvalue weighted by atomic mass is 9.89. The molecule has 1 spiro atoms. The van der Waals surface area contributed by atoms with Crippen molar-refractivity contribution in [3.63, 3.8) is 0 Å². The van der Waals surface area contributed by atoms with Crippen molar-refractivity contribution in [2.45, 2.75) is 37.5 Å². The molecule has 0 amide bonds. The van der Waals surface area contributed by atoms with Gasteiger partial charge in [0.25, 0.3) is 0 Å². The molecule has 0 bridgehead atoms. The Labute approximate surface area is 154 Å². The lowest BCUT2D eigenvalue weighted by Crippen LogP contribution is -2.46. The minimum atomic E-state index is -0.0520. The summed E-state index contributed by atoms with van der Waals surface area (Å²) < 4.78 is 11.6. The van der Waals surface area contributed by atoms with E-state index in [0.29, 0.717) is 12.0 Å². The predicted octanol–water partition coefficient (Wildman–Crippen LogP) is 2.72. The largest absolute Gasteiger partial charge is 0.497 e. The summed E-state index contributed by atoms with van der Waals surface area (Å²) in [5.74, 6) is 1.62. The average Bonchev–Trinajstić information content (AvgIpc) is 3.04. The van der Waals surface area contributed by atoms with Crippen LogP contribution in [-0.2, 0) is 11.3 Å². The zero-order chi connectivity index (χ0) is 17.8. The second kappa shape index (κ2) is 7.60. The maximum absolute atomic E-state index is 6.26. The zero-order valence-electron chi connectivity index (χ0n) is 15.2. The third kappa shape index (κ3) is 3.97. The number of hydrogen-bond donors (Lipinski definition) is 1. The molecule has 2 atom stereocenters. The van der Waals surface area contributed by atoms with Crippen LogP contribution in [0, 0.1) is 0 Å². The fourth-order valence-corrected chi connectivity index (χ4v) is 4.08. The molecule has 2 aromatic rings. The lowest BCUT2D eigenvalue weighted by Gasteiger charge is -2.38. The Balaban J connectivity index is 1.37. The lowest BCUT2D eigenvalue weighted by molar-refractivity contribution is -0.0737. The van der Waals surface area contributed by atoms with Crippen LogP contribution in [0.3, 0.4) is 0 Å². The molecular formula is C20H26N4O2. The first kappa shape index (κ1) is 17.2. The molecule has 138 valence electrons. The van der Waals surface area contributed by atoms with Crippen LogP contribution >= 0.6 is 0 Å². The summed E-state index contributed by atoms with van der Waals surface area (Å²) in [6, 6.07) is 10.5. The molecule has 0 saturated carbocycles. The number of benzene rings is 1. The molecule has 6 heteroatoms. The van der Waals surface area contributed by atoms with E-state index in [1.54, 1.807) is 19.5 Å². The third-order valence-electron chi connectivity index (χ3n) is 5.33. The fourth-order valence-electron chi connectivity index (χ4n) is 4.08. The Morgan fingerprint density at radius 3 is 3.04 bits per heavy atom. The van der Waals surface area contributed by atoms with E-state index >= 15 is 0 Å². The molecule has 0 radical (unpaired) electrons. The standard InChI is InChI=1S/C20H26N4O2/c1-25-18-5-2-4-16(12-18)14-24-10-7-20(15-24)13-17(6-11-26-20)23-19-21-8-3-9-22-19/h2-5,8-9,12,17H,6-7,10-11,13-15H2,1H3,(H,21,22,23)/t17-,20+/m0/s1. The quantitative estimate of drug-likeness (QED) is 0.891. The number of rotatable bonds is 5. The molecule has 2 fully saturated rings. The molecule has 6 nitrogen and oxygen atoms in total. The number of ether oxygens (including phenoxy) is 2. The van der Waals surface area contributed by atoms with E-state index in [-0.39, 0.29) is 5.60 Å². The van der Waals surface area contributed by atoms with Gasteiger partial charge in [-0.1, -0.05) is 12.1 Å². The highest BCUT2D eigenvalue weighted by Gasteiger charge is 2.43. The Morgan fingerprint density at radius 1 is 1.31 bits per heavy atom. The first-order chi connectivity index (χ1) is 12.7. The van der Waals surface area contributed by atoms with Crippen molar-refractivity contribution >= 4 is 5.95 Å². The number of aromatic nitrogens is 2. The third-order valence-corrected chi connectivity index (χ3v) is 5.33. The Bertz CT molecular complexity index is 727. The van der Waals surface area contributed by atoms with Gasteiger partial charge in [0.15, 0.2) is 0 Å². The monoisotopic (exact) mass is 354 g/mol. The average molecular weight is 354 g/mol. The van der Waals surface area contributed by atoms with E-state index in [4.69, 9.17) is 9.47 Å². The van der Waals surface area contributed by atoms with Gasteiger partial charge in [0.2, 0.25) is 5.95 Å². The molecule has 0 aliphatic carbocycles. The van der Waals surface area contributed by atoms with Crippen molar-refractivity contribution in [3.8, 4) is 5.75 Å². The molecule has 3 heterocycles. The highest BCUT2D eigenvalue weighted by Crippen LogP contribution is 2.35. The van der Waals surface area contributed by atoms with Gasteiger partial charge in [-0.2, -0.15) is 0 Å². The maximum Gasteiger partial charge on any atom is 0.222 e. The van der Waals surface area contributed by atoms with Crippen LogP contribution in [0.2, 0.25) is 0 Å². The number of hydrogen-bond acceptors (Lipinski definition) is 6. The van der Waals surface area contributed by atoms with Crippen LogP contribution in [0.15, 0.2) is 42.7 Å². The summed E-state index contributed by atoms with van der Waals surface area (Å²) in [4.78, 5) is 11.1. The van der Waals surface area contributed by atoms with Gasteiger partial charge >= 0.3 is 0 Å². The first-order valence-electron chi connectivity index (χ1n) is 9.27. The molecule has 2 saturated heterocycles. The van der Waals surface area contributed by atoms with Gasteiger partial charge in [0.05, 0.1) is 12.7 Å². The smallest absolute Gasteiger partial charge is 0.222 e. The van der Waals surface area contributed by atoms with E-state index < -0.39 is 0 Å². The number of anilines is 1. The molecular weight excluding hydrogens is 328 g/mol. The van der Waals surface area contributed by atoms with Crippen LogP contribution < -0.4 is 10.1 Å². The number of nitrogens with one attached hydrogen (secondary N) is 1. The van der Waals surface area contributed by atoms with Gasteiger partial charge < -0.3 is 14.8 Å². The van der Waals surface area contributed by atoms with Crippen molar-refractivity contribution in [2.24, 2.45) is 0 Å².